The van der Waals surface area contributed by atoms with Crippen LogP contribution in [0.15, 0.2) is 66.9 Å². The smallest absolute Gasteiger partial charge is 0.118 e. The Morgan fingerprint density at radius 3 is 2.60 bits per heavy atom. The molecule has 2 aromatic carbocycles. The maximum atomic E-state index is 5.21. The number of pyridine rings is 1. The summed E-state index contributed by atoms with van der Waals surface area (Å²) < 4.78 is 5.21. The number of hydrogen-bond acceptors (Lipinski definition) is 3. The van der Waals surface area contributed by atoms with Gasteiger partial charge in [-0.05, 0) is 48.6 Å². The maximum Gasteiger partial charge on any atom is 0.118 e. The summed E-state index contributed by atoms with van der Waals surface area (Å²) >= 11 is 0. The highest BCUT2D eigenvalue weighted by Crippen LogP contribution is 2.25. The molecule has 4 heteroatoms. The third kappa shape index (κ3) is 3.15. The lowest BCUT2D eigenvalue weighted by molar-refractivity contribution is 0.415. The minimum atomic E-state index is 0.834. The number of nitrogens with zero attached hydrogens (tertiary/aromatic N) is 2. The van der Waals surface area contributed by atoms with Crippen molar-refractivity contribution < 1.29 is 4.74 Å². The van der Waals surface area contributed by atoms with E-state index >= 15 is 0 Å². The van der Waals surface area contributed by atoms with E-state index in [2.05, 4.69) is 27.3 Å². The molecule has 0 radical (unpaired) electrons. The molecule has 0 atom stereocenters. The molecule has 2 heterocycles. The average Bonchev–Trinajstić information content (AvgIpc) is 3.15. The van der Waals surface area contributed by atoms with Gasteiger partial charge < -0.3 is 4.74 Å². The molecule has 2 aromatic heterocycles. The molecule has 0 bridgehead atoms. The highest BCUT2D eigenvalue weighted by Gasteiger charge is 2.05. The summed E-state index contributed by atoms with van der Waals surface area (Å²) in [7, 11) is 1.66. The number of benzene rings is 2. The molecule has 122 valence electrons. The minimum absolute atomic E-state index is 0.834. The number of aromatic nitrogens is 3. The fraction of sp³-hybridized carbons (Fsp3) is 0.0476. The predicted molar refractivity (Wildman–Crippen MR) is 101 cm³/mol. The van der Waals surface area contributed by atoms with Gasteiger partial charge in [-0.15, -0.1) is 0 Å². The Bertz CT molecular complexity index is 1030. The SMILES string of the molecule is COc1ccc(-c2[nH]ncc2/C=C/c2ccc3ccccc3n2)cc1. The summed E-state index contributed by atoms with van der Waals surface area (Å²) in [6, 6.07) is 20.1. The molecule has 25 heavy (non-hydrogen) atoms. The van der Waals surface area contributed by atoms with Crippen LogP contribution in [-0.2, 0) is 0 Å². The van der Waals surface area contributed by atoms with E-state index in [9.17, 15) is 0 Å². The molecule has 0 unspecified atom stereocenters. The molecule has 4 rings (SSSR count). The number of nitrogens with one attached hydrogen (secondary N) is 1. The van der Waals surface area contributed by atoms with Crippen molar-refractivity contribution in [2.45, 2.75) is 0 Å². The van der Waals surface area contributed by atoms with E-state index in [0.717, 1.165) is 39.2 Å². The number of methoxy groups -OCH3 is 1. The lowest BCUT2D eigenvalue weighted by Crippen LogP contribution is -1.85. The molecule has 0 aliphatic carbocycles. The van der Waals surface area contributed by atoms with Gasteiger partial charge in [-0.25, -0.2) is 4.98 Å². The zero-order chi connectivity index (χ0) is 17.1. The number of H-pyrrole nitrogens is 1. The Kier molecular flexibility index (Phi) is 4.01. The van der Waals surface area contributed by atoms with Crippen LogP contribution in [-0.4, -0.2) is 22.3 Å². The van der Waals surface area contributed by atoms with Gasteiger partial charge >= 0.3 is 0 Å². The van der Waals surface area contributed by atoms with Gasteiger partial charge in [0.1, 0.15) is 5.75 Å². The second-order valence-electron chi connectivity index (χ2n) is 5.69. The number of para-hydroxylation sites is 1. The normalized spacial score (nSPS) is 11.2. The number of ether oxygens (including phenoxy) is 1. The zero-order valence-corrected chi connectivity index (χ0v) is 13.8. The quantitative estimate of drug-likeness (QED) is 0.585. The fourth-order valence-electron chi connectivity index (χ4n) is 2.76. The van der Waals surface area contributed by atoms with Crippen molar-refractivity contribution in [2.24, 2.45) is 0 Å². The van der Waals surface area contributed by atoms with Gasteiger partial charge in [0.25, 0.3) is 0 Å². The Morgan fingerprint density at radius 2 is 1.76 bits per heavy atom. The number of aromatic amines is 1. The first-order valence-electron chi connectivity index (χ1n) is 8.05. The van der Waals surface area contributed by atoms with Crippen molar-refractivity contribution in [3.05, 3.63) is 78.1 Å². The van der Waals surface area contributed by atoms with E-state index in [4.69, 9.17) is 4.74 Å². The number of hydrogen-bond donors (Lipinski definition) is 1. The van der Waals surface area contributed by atoms with Crippen LogP contribution in [0.5, 0.6) is 5.75 Å². The van der Waals surface area contributed by atoms with Gasteiger partial charge in [0.15, 0.2) is 0 Å². The fourth-order valence-corrected chi connectivity index (χ4v) is 2.76. The molecule has 0 fully saturated rings. The Morgan fingerprint density at radius 1 is 0.920 bits per heavy atom. The molecule has 0 spiro atoms. The van der Waals surface area contributed by atoms with Crippen LogP contribution in [0.1, 0.15) is 11.3 Å². The molecular weight excluding hydrogens is 310 g/mol. The van der Waals surface area contributed by atoms with E-state index in [0.29, 0.717) is 0 Å². The van der Waals surface area contributed by atoms with Crippen LogP contribution in [0.2, 0.25) is 0 Å². The summed E-state index contributed by atoms with van der Waals surface area (Å²) in [5.41, 5.74) is 4.96. The van der Waals surface area contributed by atoms with Gasteiger partial charge in [-0.1, -0.05) is 24.3 Å². The van der Waals surface area contributed by atoms with E-state index in [1.807, 2.05) is 66.9 Å². The summed E-state index contributed by atoms with van der Waals surface area (Å²) in [4.78, 5) is 4.67. The number of fused-ring (bicyclic) bond motifs is 1. The summed E-state index contributed by atoms with van der Waals surface area (Å²) in [6.07, 6.45) is 5.85. The van der Waals surface area contributed by atoms with Gasteiger partial charge in [0, 0.05) is 16.5 Å². The lowest BCUT2D eigenvalue weighted by atomic mass is 10.1. The molecular formula is C21H17N3O. The van der Waals surface area contributed by atoms with E-state index in [1.54, 1.807) is 7.11 Å². The summed E-state index contributed by atoms with van der Waals surface area (Å²) in [5.74, 6) is 0.834. The standard InChI is InChI=1S/C21H17N3O/c1-25-19-12-8-16(9-13-19)21-17(14-22-24-21)7-11-18-10-6-15-4-2-3-5-20(15)23-18/h2-14H,1H3,(H,22,24)/b11-7+. The monoisotopic (exact) mass is 327 g/mol. The van der Waals surface area contributed by atoms with Crippen molar-refractivity contribution in [2.75, 3.05) is 7.11 Å². The van der Waals surface area contributed by atoms with Crippen molar-refractivity contribution in [1.29, 1.82) is 0 Å². The first kappa shape index (κ1) is 15.1. The number of rotatable bonds is 4. The minimum Gasteiger partial charge on any atom is -0.497 e. The third-order valence-electron chi connectivity index (χ3n) is 4.10. The molecule has 0 aliphatic rings. The van der Waals surface area contributed by atoms with Crippen molar-refractivity contribution in [3.8, 4) is 17.0 Å². The van der Waals surface area contributed by atoms with Crippen molar-refractivity contribution in [1.82, 2.24) is 15.2 Å². The topological polar surface area (TPSA) is 50.8 Å². The molecule has 4 aromatic rings. The highest BCUT2D eigenvalue weighted by atomic mass is 16.5. The first-order valence-corrected chi connectivity index (χ1v) is 8.05. The van der Waals surface area contributed by atoms with Gasteiger partial charge in [-0.2, -0.15) is 5.10 Å². The Balaban J connectivity index is 1.64. The molecule has 4 nitrogen and oxygen atoms in total. The van der Waals surface area contributed by atoms with E-state index in [1.165, 1.54) is 0 Å². The molecule has 0 saturated carbocycles. The van der Waals surface area contributed by atoms with Gasteiger partial charge in [0.2, 0.25) is 0 Å². The largest absolute Gasteiger partial charge is 0.497 e. The second-order valence-corrected chi connectivity index (χ2v) is 5.69. The van der Waals surface area contributed by atoms with Gasteiger partial charge in [-0.3, -0.25) is 5.10 Å². The third-order valence-corrected chi connectivity index (χ3v) is 4.10. The zero-order valence-electron chi connectivity index (χ0n) is 13.8. The van der Waals surface area contributed by atoms with Crippen LogP contribution >= 0.6 is 0 Å². The molecule has 1 N–H and O–H groups in total. The maximum absolute atomic E-state index is 5.21. The molecule has 0 aliphatic heterocycles. The van der Waals surface area contributed by atoms with Crippen LogP contribution in [0.4, 0.5) is 0 Å². The molecule has 0 amide bonds. The van der Waals surface area contributed by atoms with E-state index in [-0.39, 0.29) is 0 Å². The second kappa shape index (κ2) is 6.61. The van der Waals surface area contributed by atoms with Crippen molar-refractivity contribution >= 4 is 23.1 Å². The van der Waals surface area contributed by atoms with E-state index < -0.39 is 0 Å². The van der Waals surface area contributed by atoms with Crippen LogP contribution in [0, 0.1) is 0 Å². The van der Waals surface area contributed by atoms with Gasteiger partial charge in [0.05, 0.1) is 30.2 Å². The van der Waals surface area contributed by atoms with Crippen molar-refractivity contribution in [3.63, 3.8) is 0 Å². The first-order chi connectivity index (χ1) is 12.3. The Hall–Kier alpha value is -3.40. The molecule has 0 saturated heterocycles. The lowest BCUT2D eigenvalue weighted by Gasteiger charge is -2.03. The highest BCUT2D eigenvalue weighted by molar-refractivity contribution is 5.82. The summed E-state index contributed by atoms with van der Waals surface area (Å²) in [5, 5.41) is 8.38. The summed E-state index contributed by atoms with van der Waals surface area (Å²) in [6.45, 7) is 0. The Labute approximate surface area is 145 Å². The van der Waals surface area contributed by atoms with Crippen LogP contribution < -0.4 is 4.74 Å². The predicted octanol–water partition coefficient (Wildman–Crippen LogP) is 4.80. The van der Waals surface area contributed by atoms with Crippen LogP contribution in [0.3, 0.4) is 0 Å². The van der Waals surface area contributed by atoms with Crippen LogP contribution in [0.25, 0.3) is 34.3 Å². The average molecular weight is 327 g/mol.